The molecule has 3 aromatic rings. The number of fused-ring (bicyclic) bond motifs is 1. The Hall–Kier alpha value is -2.68. The van der Waals surface area contributed by atoms with Crippen LogP contribution in [0.4, 0.5) is 17.2 Å². The van der Waals surface area contributed by atoms with Gasteiger partial charge in [-0.2, -0.15) is 0 Å². The van der Waals surface area contributed by atoms with Crippen LogP contribution in [-0.4, -0.2) is 48.7 Å². The number of nitrogens with one attached hydrogen (secondary N) is 2. The molecule has 0 saturated heterocycles. The summed E-state index contributed by atoms with van der Waals surface area (Å²) < 4.78 is 8.48. The molecule has 0 bridgehead atoms. The number of nitrogen functional groups attached to an aromatic ring is 1. The van der Waals surface area contributed by atoms with Crippen LogP contribution in [-0.2, 0) is 4.74 Å². The van der Waals surface area contributed by atoms with Crippen LogP contribution in [0.5, 0.6) is 0 Å². The highest BCUT2D eigenvalue weighted by molar-refractivity contribution is 7.97. The minimum absolute atomic E-state index is 0.400. The molecule has 4 N–H and O–H groups in total. The van der Waals surface area contributed by atoms with Crippen LogP contribution in [0.3, 0.4) is 0 Å². The van der Waals surface area contributed by atoms with Crippen LogP contribution in [0, 0.1) is 0 Å². The Morgan fingerprint density at radius 1 is 1.23 bits per heavy atom. The molecule has 0 amide bonds. The first-order valence-corrected chi connectivity index (χ1v) is 11.5. The van der Waals surface area contributed by atoms with Gasteiger partial charge in [-0.3, -0.25) is 14.7 Å². The summed E-state index contributed by atoms with van der Waals surface area (Å²) in [5.41, 5.74) is 10.8. The van der Waals surface area contributed by atoms with Crippen molar-refractivity contribution in [3.8, 4) is 11.1 Å². The van der Waals surface area contributed by atoms with Crippen molar-refractivity contribution in [1.29, 1.82) is 0 Å². The molecule has 0 unspecified atom stereocenters. The van der Waals surface area contributed by atoms with Gasteiger partial charge < -0.3 is 15.8 Å². The molecule has 0 aliphatic rings. The Morgan fingerprint density at radius 2 is 2.13 bits per heavy atom. The molecule has 0 radical (unpaired) electrons. The summed E-state index contributed by atoms with van der Waals surface area (Å²) in [6.45, 7) is 3.87. The van der Waals surface area contributed by atoms with Crippen molar-refractivity contribution in [2.24, 2.45) is 4.99 Å². The first-order valence-electron chi connectivity index (χ1n) is 10.5. The molecular weight excluding hydrogens is 408 g/mol. The molecule has 7 nitrogen and oxygen atoms in total. The van der Waals surface area contributed by atoms with Crippen molar-refractivity contribution in [2.75, 3.05) is 43.6 Å². The summed E-state index contributed by atoms with van der Waals surface area (Å²) in [4.78, 5) is 13.4. The van der Waals surface area contributed by atoms with E-state index in [0.717, 1.165) is 52.9 Å². The van der Waals surface area contributed by atoms with E-state index in [1.165, 1.54) is 0 Å². The fourth-order valence-electron chi connectivity index (χ4n) is 3.21. The summed E-state index contributed by atoms with van der Waals surface area (Å²) in [6.07, 6.45) is 7.52. The van der Waals surface area contributed by atoms with Crippen molar-refractivity contribution in [3.63, 3.8) is 0 Å². The number of benzene rings is 1. The smallest absolute Gasteiger partial charge is 0.152 e. The number of hydrogen-bond acceptors (Lipinski definition) is 8. The van der Waals surface area contributed by atoms with Gasteiger partial charge in [-0.05, 0) is 44.5 Å². The summed E-state index contributed by atoms with van der Waals surface area (Å²) in [7, 11) is 1.95. The second-order valence-corrected chi connectivity index (χ2v) is 7.96. The number of unbranched alkanes of at least 4 members (excludes halogenated alkanes) is 1. The summed E-state index contributed by atoms with van der Waals surface area (Å²) in [5, 5.41) is 4.55. The lowest BCUT2D eigenvalue weighted by Crippen LogP contribution is -2.06. The third-order valence-corrected chi connectivity index (χ3v) is 5.50. The Morgan fingerprint density at radius 3 is 2.90 bits per heavy atom. The Labute approximate surface area is 188 Å². The number of nitrogens with zero attached hydrogens (tertiary/aromatic N) is 3. The van der Waals surface area contributed by atoms with Gasteiger partial charge in [0.2, 0.25) is 0 Å². The minimum atomic E-state index is 0.400. The largest absolute Gasteiger partial charge is 0.383 e. The van der Waals surface area contributed by atoms with Crippen LogP contribution in [0.1, 0.15) is 19.8 Å². The quantitative estimate of drug-likeness (QED) is 0.215. The molecule has 0 spiro atoms. The summed E-state index contributed by atoms with van der Waals surface area (Å²) >= 11 is 1.73. The van der Waals surface area contributed by atoms with E-state index < -0.39 is 0 Å². The molecule has 0 saturated carbocycles. The van der Waals surface area contributed by atoms with Gasteiger partial charge in [-0.25, -0.2) is 4.98 Å². The molecule has 0 aliphatic heterocycles. The van der Waals surface area contributed by atoms with Crippen LogP contribution < -0.4 is 15.8 Å². The van der Waals surface area contributed by atoms with Crippen LogP contribution in [0.15, 0.2) is 47.7 Å². The van der Waals surface area contributed by atoms with E-state index in [-0.39, 0.29) is 0 Å². The van der Waals surface area contributed by atoms with E-state index >= 15 is 0 Å². The number of rotatable bonds is 12. The van der Waals surface area contributed by atoms with E-state index in [0.29, 0.717) is 24.7 Å². The van der Waals surface area contributed by atoms with Crippen molar-refractivity contribution >= 4 is 46.3 Å². The average Bonchev–Trinajstić information content (AvgIpc) is 2.80. The van der Waals surface area contributed by atoms with Gasteiger partial charge in [0, 0.05) is 48.5 Å². The molecule has 0 aliphatic carbocycles. The summed E-state index contributed by atoms with van der Waals surface area (Å²) in [5.74, 6) is 1.47. The second kappa shape index (κ2) is 12.2. The van der Waals surface area contributed by atoms with E-state index in [9.17, 15) is 0 Å². The third kappa shape index (κ3) is 6.40. The molecule has 1 aromatic carbocycles. The Balaban J connectivity index is 1.92. The Kier molecular flexibility index (Phi) is 9.08. The number of anilines is 2. The molecule has 8 heteroatoms. The van der Waals surface area contributed by atoms with Crippen molar-refractivity contribution in [2.45, 2.75) is 19.8 Å². The van der Waals surface area contributed by atoms with Gasteiger partial charge in [0.25, 0.3) is 0 Å². The van der Waals surface area contributed by atoms with Crippen LogP contribution in [0.25, 0.3) is 22.0 Å². The van der Waals surface area contributed by atoms with Gasteiger partial charge in [-0.15, -0.1) is 0 Å². The van der Waals surface area contributed by atoms with Gasteiger partial charge in [0.15, 0.2) is 5.82 Å². The maximum absolute atomic E-state index is 6.33. The van der Waals surface area contributed by atoms with Gasteiger partial charge >= 0.3 is 0 Å². The molecule has 0 fully saturated rings. The van der Waals surface area contributed by atoms with Gasteiger partial charge in [-0.1, -0.05) is 30.1 Å². The highest BCUT2D eigenvalue weighted by atomic mass is 32.2. The van der Waals surface area contributed by atoms with E-state index in [2.05, 4.69) is 37.1 Å². The number of pyridine rings is 2. The molecule has 0 atom stereocenters. The molecule has 2 heterocycles. The van der Waals surface area contributed by atoms with E-state index in [4.69, 9.17) is 10.5 Å². The fraction of sp³-hybridized carbons (Fsp3) is 0.348. The lowest BCUT2D eigenvalue weighted by Gasteiger charge is -2.15. The minimum Gasteiger partial charge on any atom is -0.383 e. The molecule has 2 aromatic heterocycles. The van der Waals surface area contributed by atoms with Crippen LogP contribution >= 0.6 is 11.9 Å². The second-order valence-electron chi connectivity index (χ2n) is 6.85. The monoisotopic (exact) mass is 438 g/mol. The maximum atomic E-state index is 6.33. The number of aromatic nitrogens is 2. The number of ether oxygens (including phenoxy) is 1. The first-order chi connectivity index (χ1) is 15.2. The van der Waals surface area contributed by atoms with E-state index in [1.807, 2.05) is 38.4 Å². The first kappa shape index (κ1) is 23.0. The lowest BCUT2D eigenvalue weighted by atomic mass is 10.0. The SMILES string of the molecule is CCOCC=Nc1c(N)nc2cc(-c3cccnc3)ccc2c1NCCCCSNC. The zero-order valence-corrected chi connectivity index (χ0v) is 18.9. The predicted octanol–water partition coefficient (Wildman–Crippen LogP) is 4.68. The number of aliphatic imine (C=N–C) groups is 1. The molecular formula is C23H30N6OS. The van der Waals surface area contributed by atoms with Gasteiger partial charge in [0.05, 0.1) is 17.8 Å². The average molecular weight is 439 g/mol. The van der Waals surface area contributed by atoms with E-state index in [1.54, 1.807) is 24.4 Å². The molecule has 31 heavy (non-hydrogen) atoms. The lowest BCUT2D eigenvalue weighted by molar-refractivity contribution is 0.190. The zero-order valence-electron chi connectivity index (χ0n) is 18.1. The fourth-order valence-corrected chi connectivity index (χ4v) is 3.76. The highest BCUT2D eigenvalue weighted by Crippen LogP contribution is 2.38. The predicted molar refractivity (Wildman–Crippen MR) is 133 cm³/mol. The number of nitrogens with two attached hydrogens (primary N) is 1. The van der Waals surface area contributed by atoms with Crippen molar-refractivity contribution in [3.05, 3.63) is 42.7 Å². The molecule has 3 rings (SSSR count). The zero-order chi connectivity index (χ0) is 21.9. The van der Waals surface area contributed by atoms with Crippen molar-refractivity contribution in [1.82, 2.24) is 14.7 Å². The standard InChI is InChI=1S/C23H30N6OS/c1-3-30-13-12-28-22-21(27-11-4-5-14-31-25-2)19-9-8-17(15-20(19)29-23(22)24)18-7-6-10-26-16-18/h6-10,12,15-16,25H,3-5,11,13-14H2,1-2H3,(H3,24,27,29). The maximum Gasteiger partial charge on any atom is 0.152 e. The summed E-state index contributed by atoms with van der Waals surface area (Å²) in [6, 6.07) is 10.2. The highest BCUT2D eigenvalue weighted by Gasteiger charge is 2.13. The van der Waals surface area contributed by atoms with Gasteiger partial charge in [0.1, 0.15) is 5.69 Å². The number of hydrogen-bond donors (Lipinski definition) is 3. The Bertz CT molecular complexity index is 996. The third-order valence-electron chi connectivity index (χ3n) is 4.72. The molecule has 164 valence electrons. The van der Waals surface area contributed by atoms with Crippen molar-refractivity contribution < 1.29 is 4.74 Å². The topological polar surface area (TPSA) is 97.5 Å². The van der Waals surface area contributed by atoms with Crippen LogP contribution in [0.2, 0.25) is 0 Å². The normalized spacial score (nSPS) is 11.4.